The second kappa shape index (κ2) is 5.33. The van der Waals surface area contributed by atoms with Gasteiger partial charge in [-0.25, -0.2) is 0 Å². The van der Waals surface area contributed by atoms with Crippen LogP contribution in [0.4, 0.5) is 0 Å². The third-order valence-electron chi connectivity index (χ3n) is 3.36. The summed E-state index contributed by atoms with van der Waals surface area (Å²) in [7, 11) is 0. The lowest BCUT2D eigenvalue weighted by Crippen LogP contribution is -2.28. The van der Waals surface area contributed by atoms with Gasteiger partial charge in [0.2, 0.25) is 0 Å². The Kier molecular flexibility index (Phi) is 3.76. The van der Waals surface area contributed by atoms with Gasteiger partial charge in [0.1, 0.15) is 0 Å². The van der Waals surface area contributed by atoms with Crippen LogP contribution in [0.2, 0.25) is 0 Å². The van der Waals surface area contributed by atoms with Crippen molar-refractivity contribution < 1.29 is 4.79 Å². The van der Waals surface area contributed by atoms with Crippen LogP contribution in [0.25, 0.3) is 0 Å². The van der Waals surface area contributed by atoms with E-state index in [1.807, 2.05) is 24.3 Å². The van der Waals surface area contributed by atoms with Gasteiger partial charge in [-0.05, 0) is 17.7 Å². The first kappa shape index (κ1) is 13.4. The van der Waals surface area contributed by atoms with Crippen LogP contribution in [-0.4, -0.2) is 17.3 Å². The van der Waals surface area contributed by atoms with Crippen molar-refractivity contribution in [3.8, 4) is 0 Å². The van der Waals surface area contributed by atoms with Crippen molar-refractivity contribution >= 4 is 5.78 Å². The van der Waals surface area contributed by atoms with Gasteiger partial charge in [-0.1, -0.05) is 38.1 Å². The third-order valence-corrected chi connectivity index (χ3v) is 3.36. The Morgan fingerprint density at radius 3 is 2.37 bits per heavy atom. The van der Waals surface area contributed by atoms with E-state index in [1.54, 1.807) is 24.5 Å². The second-order valence-corrected chi connectivity index (χ2v) is 5.24. The average molecular weight is 254 g/mol. The van der Waals surface area contributed by atoms with Crippen LogP contribution in [0.1, 0.15) is 35.3 Å². The van der Waals surface area contributed by atoms with Crippen LogP contribution in [0.5, 0.6) is 0 Å². The monoisotopic (exact) mass is 254 g/mol. The topological polar surface area (TPSA) is 56.0 Å². The van der Waals surface area contributed by atoms with E-state index in [1.165, 1.54) is 0 Å². The van der Waals surface area contributed by atoms with Crippen LogP contribution in [0, 0.1) is 0 Å². The SMILES string of the molecule is CC(C)(CN)c1ccc(C(=O)c2cccnc2)cc1. The number of carbonyl (C=O) groups excluding carboxylic acids is 1. The highest BCUT2D eigenvalue weighted by atomic mass is 16.1. The molecule has 1 aromatic heterocycles. The molecule has 0 bridgehead atoms. The van der Waals surface area contributed by atoms with E-state index >= 15 is 0 Å². The van der Waals surface area contributed by atoms with Crippen molar-refractivity contribution in [1.29, 1.82) is 0 Å². The van der Waals surface area contributed by atoms with Crippen molar-refractivity contribution in [2.24, 2.45) is 5.73 Å². The van der Waals surface area contributed by atoms with E-state index in [9.17, 15) is 4.79 Å². The molecule has 0 aliphatic rings. The molecule has 0 unspecified atom stereocenters. The van der Waals surface area contributed by atoms with Crippen molar-refractivity contribution in [2.75, 3.05) is 6.54 Å². The Hall–Kier alpha value is -2.00. The van der Waals surface area contributed by atoms with Crippen molar-refractivity contribution in [3.05, 3.63) is 65.5 Å². The maximum absolute atomic E-state index is 12.2. The van der Waals surface area contributed by atoms with E-state index in [0.717, 1.165) is 5.56 Å². The molecule has 98 valence electrons. The Morgan fingerprint density at radius 2 is 1.84 bits per heavy atom. The summed E-state index contributed by atoms with van der Waals surface area (Å²) in [6.45, 7) is 4.75. The van der Waals surface area contributed by atoms with Gasteiger partial charge in [0, 0.05) is 35.5 Å². The predicted octanol–water partition coefficient (Wildman–Crippen LogP) is 2.55. The van der Waals surface area contributed by atoms with Gasteiger partial charge in [-0.2, -0.15) is 0 Å². The molecule has 0 saturated carbocycles. The van der Waals surface area contributed by atoms with Crippen molar-refractivity contribution in [1.82, 2.24) is 4.98 Å². The number of hydrogen-bond acceptors (Lipinski definition) is 3. The maximum Gasteiger partial charge on any atom is 0.194 e. The van der Waals surface area contributed by atoms with Crippen LogP contribution in [0.15, 0.2) is 48.8 Å². The number of ketones is 1. The normalized spacial score (nSPS) is 11.3. The number of nitrogens with two attached hydrogens (primary N) is 1. The number of aromatic nitrogens is 1. The van der Waals surface area contributed by atoms with Gasteiger partial charge >= 0.3 is 0 Å². The molecule has 19 heavy (non-hydrogen) atoms. The van der Waals surface area contributed by atoms with Crippen LogP contribution < -0.4 is 5.73 Å². The summed E-state index contributed by atoms with van der Waals surface area (Å²) < 4.78 is 0. The van der Waals surface area contributed by atoms with Crippen molar-refractivity contribution in [3.63, 3.8) is 0 Å². The predicted molar refractivity (Wildman–Crippen MR) is 76.2 cm³/mol. The summed E-state index contributed by atoms with van der Waals surface area (Å²) in [5, 5.41) is 0. The summed E-state index contributed by atoms with van der Waals surface area (Å²) in [6.07, 6.45) is 3.24. The Labute approximate surface area is 113 Å². The first-order chi connectivity index (χ1) is 9.04. The van der Waals surface area contributed by atoms with E-state index in [2.05, 4.69) is 18.8 Å². The summed E-state index contributed by atoms with van der Waals surface area (Å²) in [5.74, 6) is -0.00907. The van der Waals surface area contributed by atoms with Gasteiger partial charge in [0.15, 0.2) is 5.78 Å². The lowest BCUT2D eigenvalue weighted by molar-refractivity contribution is 0.103. The van der Waals surface area contributed by atoms with Crippen LogP contribution in [0.3, 0.4) is 0 Å². The quantitative estimate of drug-likeness (QED) is 0.853. The molecule has 3 heteroatoms. The summed E-state index contributed by atoms with van der Waals surface area (Å²) in [6, 6.07) is 11.2. The molecule has 0 saturated heterocycles. The highest BCUT2D eigenvalue weighted by molar-refractivity contribution is 6.08. The zero-order valence-electron chi connectivity index (χ0n) is 11.3. The fraction of sp³-hybridized carbons (Fsp3) is 0.250. The number of pyridine rings is 1. The molecule has 0 spiro atoms. The van der Waals surface area contributed by atoms with Gasteiger partial charge in [-0.3, -0.25) is 9.78 Å². The van der Waals surface area contributed by atoms with Gasteiger partial charge < -0.3 is 5.73 Å². The van der Waals surface area contributed by atoms with E-state index in [4.69, 9.17) is 5.73 Å². The van der Waals surface area contributed by atoms with Crippen LogP contribution in [-0.2, 0) is 5.41 Å². The number of carbonyl (C=O) groups is 1. The van der Waals surface area contributed by atoms with E-state index in [-0.39, 0.29) is 11.2 Å². The standard InChI is InChI=1S/C16H18N2O/c1-16(2,11-17)14-7-5-12(6-8-14)15(19)13-4-3-9-18-10-13/h3-10H,11,17H2,1-2H3. The minimum Gasteiger partial charge on any atom is -0.330 e. The Morgan fingerprint density at radius 1 is 1.16 bits per heavy atom. The third kappa shape index (κ3) is 2.88. The largest absolute Gasteiger partial charge is 0.330 e. The number of benzene rings is 1. The zero-order valence-corrected chi connectivity index (χ0v) is 11.3. The lowest BCUT2D eigenvalue weighted by Gasteiger charge is -2.23. The molecule has 0 radical (unpaired) electrons. The molecule has 3 nitrogen and oxygen atoms in total. The van der Waals surface area contributed by atoms with Crippen LogP contribution >= 0.6 is 0 Å². The average Bonchev–Trinajstić information content (AvgIpc) is 2.47. The van der Waals surface area contributed by atoms with Gasteiger partial charge in [0.25, 0.3) is 0 Å². The highest BCUT2D eigenvalue weighted by Crippen LogP contribution is 2.22. The second-order valence-electron chi connectivity index (χ2n) is 5.24. The molecule has 0 amide bonds. The lowest BCUT2D eigenvalue weighted by atomic mass is 9.84. The van der Waals surface area contributed by atoms with Gasteiger partial charge in [-0.15, -0.1) is 0 Å². The first-order valence-corrected chi connectivity index (χ1v) is 6.30. The molecule has 1 aromatic carbocycles. The zero-order chi connectivity index (χ0) is 13.9. The molecular weight excluding hydrogens is 236 g/mol. The molecule has 0 aliphatic carbocycles. The summed E-state index contributed by atoms with van der Waals surface area (Å²) in [4.78, 5) is 16.2. The maximum atomic E-state index is 12.2. The minimum atomic E-state index is -0.0735. The molecule has 0 aliphatic heterocycles. The summed E-state index contributed by atoms with van der Waals surface area (Å²) in [5.41, 5.74) is 8.09. The first-order valence-electron chi connectivity index (χ1n) is 6.30. The highest BCUT2D eigenvalue weighted by Gasteiger charge is 2.18. The Bertz CT molecular complexity index is 559. The number of hydrogen-bond donors (Lipinski definition) is 1. The Balaban J connectivity index is 2.27. The van der Waals surface area contributed by atoms with Crippen molar-refractivity contribution in [2.45, 2.75) is 19.3 Å². The number of rotatable bonds is 4. The minimum absolute atomic E-state index is 0.00907. The number of nitrogens with zero attached hydrogens (tertiary/aromatic N) is 1. The molecule has 2 aromatic rings. The van der Waals surface area contributed by atoms with E-state index < -0.39 is 0 Å². The molecule has 2 N–H and O–H groups in total. The fourth-order valence-electron chi connectivity index (χ4n) is 1.85. The molecule has 0 atom stereocenters. The summed E-state index contributed by atoms with van der Waals surface area (Å²) >= 11 is 0. The molecule has 1 heterocycles. The molecule has 0 fully saturated rings. The molecule has 2 rings (SSSR count). The van der Waals surface area contributed by atoms with Gasteiger partial charge in [0.05, 0.1) is 0 Å². The smallest absolute Gasteiger partial charge is 0.194 e. The van der Waals surface area contributed by atoms with E-state index in [0.29, 0.717) is 17.7 Å². The molecular formula is C16H18N2O. The fourth-order valence-corrected chi connectivity index (χ4v) is 1.85.